The van der Waals surface area contributed by atoms with E-state index in [9.17, 15) is 53.1 Å². The molecule has 0 radical (unpaired) electrons. The van der Waals surface area contributed by atoms with Gasteiger partial charge in [-0.05, 0) is 60.0 Å². The first-order chi connectivity index (χ1) is 23.7. The predicted octanol–water partition coefficient (Wildman–Crippen LogP) is 7.81. The lowest BCUT2D eigenvalue weighted by molar-refractivity contribution is -0.140. The van der Waals surface area contributed by atoms with Gasteiger partial charge in [0.2, 0.25) is 10.0 Å². The van der Waals surface area contributed by atoms with Crippen LogP contribution in [0.5, 0.6) is 11.5 Å². The maximum absolute atomic E-state index is 14.3. The minimum atomic E-state index is -4.84. The number of nitrogens with two attached hydrogens (primary N) is 1. The molecule has 5 rings (SSSR count). The molecule has 1 aromatic heterocycles. The smallest absolute Gasteiger partial charge is 0.416 e. The van der Waals surface area contributed by atoms with E-state index in [0.29, 0.717) is 23.8 Å². The van der Waals surface area contributed by atoms with E-state index >= 15 is 0 Å². The summed E-state index contributed by atoms with van der Waals surface area (Å²) in [5.74, 6) is -5.94. The first-order valence-electron chi connectivity index (χ1n) is 13.8. The first kappa shape index (κ1) is 38.5. The zero-order valence-electron chi connectivity index (χ0n) is 25.2. The number of aliphatic carboxylic acids is 2. The standard InChI is InChI=1S/C17H11F3O3S.C15H10F5NO5S/c18-17(19,20)10-5-6-14(23-8-16(21)22)12(7-10)13-9-24-15-4-2-1-3-11(13)15;16-10-5-13(27(21,24)25)11(17)4-8(10)9-3-7(15(18,19)20)1-2-12(9)26-6-14(22)23/h1-7,9H,8H2,(H,21,22);1-5H,6H2,(H,22,23)(H2,21,24,25). The van der Waals surface area contributed by atoms with Crippen LogP contribution in [0, 0.1) is 11.6 Å². The van der Waals surface area contributed by atoms with E-state index in [1.807, 2.05) is 18.2 Å². The molecule has 0 fully saturated rings. The molecule has 51 heavy (non-hydrogen) atoms. The second-order valence-corrected chi connectivity index (χ2v) is 12.7. The van der Waals surface area contributed by atoms with Gasteiger partial charge in [-0.3, -0.25) is 0 Å². The summed E-state index contributed by atoms with van der Waals surface area (Å²) in [6, 6.07) is 12.6. The molecule has 0 atom stereocenters. The Morgan fingerprint density at radius 2 is 1.18 bits per heavy atom. The number of fused-ring (bicyclic) bond motifs is 1. The van der Waals surface area contributed by atoms with E-state index in [2.05, 4.69) is 0 Å². The summed E-state index contributed by atoms with van der Waals surface area (Å²) < 4.78 is 140. The van der Waals surface area contributed by atoms with E-state index in [1.54, 1.807) is 11.4 Å². The number of carboxylic acids is 2. The summed E-state index contributed by atoms with van der Waals surface area (Å²) >= 11 is 1.40. The number of carbonyl (C=O) groups is 2. The van der Waals surface area contributed by atoms with Gasteiger partial charge in [0.15, 0.2) is 13.2 Å². The highest BCUT2D eigenvalue weighted by atomic mass is 32.2. The number of rotatable bonds is 9. The molecule has 5 aromatic rings. The number of sulfonamides is 1. The van der Waals surface area contributed by atoms with Crippen LogP contribution in [0.3, 0.4) is 0 Å². The highest BCUT2D eigenvalue weighted by Crippen LogP contribution is 2.42. The number of hydrogen-bond acceptors (Lipinski definition) is 7. The van der Waals surface area contributed by atoms with Gasteiger partial charge >= 0.3 is 24.3 Å². The molecule has 0 unspecified atom stereocenters. The van der Waals surface area contributed by atoms with Crippen LogP contribution < -0.4 is 14.6 Å². The normalized spacial score (nSPS) is 11.9. The number of hydrogen-bond donors (Lipinski definition) is 3. The molecule has 0 aliphatic carbocycles. The van der Waals surface area contributed by atoms with Crippen molar-refractivity contribution >= 4 is 43.4 Å². The summed E-state index contributed by atoms with van der Waals surface area (Å²) in [7, 11) is -4.62. The molecule has 4 N–H and O–H groups in total. The Kier molecular flexibility index (Phi) is 11.3. The van der Waals surface area contributed by atoms with Crippen molar-refractivity contribution in [1.82, 2.24) is 0 Å². The van der Waals surface area contributed by atoms with Gasteiger partial charge in [-0.2, -0.15) is 26.3 Å². The van der Waals surface area contributed by atoms with E-state index in [0.717, 1.165) is 34.4 Å². The maximum atomic E-state index is 14.3. The lowest BCUT2D eigenvalue weighted by Gasteiger charge is -2.15. The Hall–Kier alpha value is -5.27. The molecule has 0 amide bonds. The van der Waals surface area contributed by atoms with Crippen molar-refractivity contribution in [2.24, 2.45) is 5.14 Å². The number of primary sulfonamides is 1. The minimum Gasteiger partial charge on any atom is -0.481 e. The van der Waals surface area contributed by atoms with Gasteiger partial charge in [0.05, 0.1) is 11.1 Å². The number of carboxylic acid groups (broad SMARTS) is 2. The monoisotopic (exact) mass is 763 g/mol. The molecule has 0 spiro atoms. The van der Waals surface area contributed by atoms with Crippen LogP contribution in [0.15, 0.2) is 83.1 Å². The Bertz CT molecular complexity index is 2220. The molecular formula is C32H21F8NO8S2. The quantitative estimate of drug-likeness (QED) is 0.129. The van der Waals surface area contributed by atoms with Gasteiger partial charge in [-0.25, -0.2) is 31.9 Å². The van der Waals surface area contributed by atoms with E-state index in [1.165, 1.54) is 11.3 Å². The largest absolute Gasteiger partial charge is 0.481 e. The van der Waals surface area contributed by atoms with Gasteiger partial charge in [0.25, 0.3) is 0 Å². The van der Waals surface area contributed by atoms with Gasteiger partial charge in [-0.15, -0.1) is 11.3 Å². The summed E-state index contributed by atoms with van der Waals surface area (Å²) in [6.45, 7) is -1.59. The molecule has 9 nitrogen and oxygen atoms in total. The zero-order chi connectivity index (χ0) is 37.9. The molecule has 270 valence electrons. The Morgan fingerprint density at radius 3 is 1.65 bits per heavy atom. The third-order valence-electron chi connectivity index (χ3n) is 6.71. The summed E-state index contributed by atoms with van der Waals surface area (Å²) in [6.07, 6.45) is -9.33. The van der Waals surface area contributed by atoms with Crippen molar-refractivity contribution in [3.8, 4) is 33.8 Å². The van der Waals surface area contributed by atoms with Gasteiger partial charge < -0.3 is 19.7 Å². The van der Waals surface area contributed by atoms with Crippen molar-refractivity contribution in [2.45, 2.75) is 17.2 Å². The lowest BCUT2D eigenvalue weighted by atomic mass is 10.0. The second-order valence-electron chi connectivity index (χ2n) is 10.2. The van der Waals surface area contributed by atoms with Crippen LogP contribution in [-0.4, -0.2) is 43.8 Å². The molecular weight excluding hydrogens is 742 g/mol. The van der Waals surface area contributed by atoms with Crippen LogP contribution >= 0.6 is 11.3 Å². The van der Waals surface area contributed by atoms with E-state index in [-0.39, 0.29) is 17.4 Å². The fourth-order valence-electron chi connectivity index (χ4n) is 4.50. The molecule has 0 saturated heterocycles. The zero-order valence-corrected chi connectivity index (χ0v) is 26.8. The third-order valence-corrected chi connectivity index (χ3v) is 8.59. The first-order valence-corrected chi connectivity index (χ1v) is 16.2. The van der Waals surface area contributed by atoms with Crippen LogP contribution in [0.4, 0.5) is 35.1 Å². The number of benzene rings is 4. The van der Waals surface area contributed by atoms with Gasteiger partial charge in [0.1, 0.15) is 28.0 Å². The Morgan fingerprint density at radius 1 is 0.686 bits per heavy atom. The van der Waals surface area contributed by atoms with Crippen molar-refractivity contribution in [3.63, 3.8) is 0 Å². The highest BCUT2D eigenvalue weighted by Gasteiger charge is 2.33. The minimum absolute atomic E-state index is 0.106. The van der Waals surface area contributed by atoms with Crippen LogP contribution in [-0.2, 0) is 32.0 Å². The molecule has 0 saturated carbocycles. The fourth-order valence-corrected chi connectivity index (χ4v) is 6.06. The maximum Gasteiger partial charge on any atom is 0.416 e. The van der Waals surface area contributed by atoms with E-state index in [4.69, 9.17) is 24.8 Å². The topological polar surface area (TPSA) is 153 Å². The Labute approximate surface area is 286 Å². The van der Waals surface area contributed by atoms with Gasteiger partial charge in [0, 0.05) is 32.3 Å². The molecule has 1 heterocycles. The number of thiophene rings is 1. The Balaban J connectivity index is 0.000000230. The average molecular weight is 764 g/mol. The van der Waals surface area contributed by atoms with Crippen molar-refractivity contribution < 1.29 is 72.8 Å². The van der Waals surface area contributed by atoms with E-state index < -0.39 is 92.1 Å². The molecule has 4 aromatic carbocycles. The fraction of sp³-hybridized carbons (Fsp3) is 0.125. The van der Waals surface area contributed by atoms with Gasteiger partial charge in [-0.1, -0.05) is 18.2 Å². The average Bonchev–Trinajstić information content (AvgIpc) is 3.46. The third kappa shape index (κ3) is 9.50. The number of alkyl halides is 6. The van der Waals surface area contributed by atoms with Crippen LogP contribution in [0.2, 0.25) is 0 Å². The molecule has 19 heteroatoms. The number of halogens is 8. The van der Waals surface area contributed by atoms with Crippen molar-refractivity contribution in [2.75, 3.05) is 13.2 Å². The summed E-state index contributed by atoms with van der Waals surface area (Å²) in [5.41, 5.74) is -2.63. The number of ether oxygens (including phenoxy) is 2. The SMILES string of the molecule is NS(=O)(=O)c1cc(F)c(-c2cc(C(F)(F)F)ccc2OCC(=O)O)cc1F.O=C(O)COc1ccc(C(F)(F)F)cc1-c1csc2ccccc12. The van der Waals surface area contributed by atoms with Crippen LogP contribution in [0.1, 0.15) is 11.1 Å². The van der Waals surface area contributed by atoms with Crippen molar-refractivity contribution in [1.29, 1.82) is 0 Å². The highest BCUT2D eigenvalue weighted by molar-refractivity contribution is 7.89. The lowest BCUT2D eigenvalue weighted by Crippen LogP contribution is -2.15. The predicted molar refractivity (Wildman–Crippen MR) is 167 cm³/mol. The molecule has 0 aliphatic heterocycles. The molecule has 0 bridgehead atoms. The van der Waals surface area contributed by atoms with Crippen molar-refractivity contribution in [3.05, 3.63) is 101 Å². The second kappa shape index (κ2) is 14.9. The summed E-state index contributed by atoms with van der Waals surface area (Å²) in [5, 5.41) is 24.6. The van der Waals surface area contributed by atoms with Crippen LogP contribution in [0.25, 0.3) is 32.3 Å². The summed E-state index contributed by atoms with van der Waals surface area (Å²) in [4.78, 5) is 20.1. The molecule has 0 aliphatic rings.